The molecule has 0 unspecified atom stereocenters. The first kappa shape index (κ1) is 17.9. The van der Waals surface area contributed by atoms with E-state index >= 15 is 0 Å². The van der Waals surface area contributed by atoms with E-state index in [1.54, 1.807) is 0 Å². The summed E-state index contributed by atoms with van der Waals surface area (Å²) < 4.78 is 11.0. The van der Waals surface area contributed by atoms with Crippen LogP contribution in [0.1, 0.15) is 30.1 Å². The van der Waals surface area contributed by atoms with Gasteiger partial charge in [0.25, 0.3) is 0 Å². The Morgan fingerprint density at radius 1 is 1.00 bits per heavy atom. The molecule has 1 heterocycles. The molecule has 1 aliphatic rings. The van der Waals surface area contributed by atoms with Crippen LogP contribution in [0.15, 0.2) is 54.6 Å². The largest absolute Gasteiger partial charge is 0.494 e. The molecule has 1 saturated heterocycles. The van der Waals surface area contributed by atoms with Gasteiger partial charge in [-0.05, 0) is 30.2 Å². The Morgan fingerprint density at radius 3 is 2.32 bits per heavy atom. The van der Waals surface area contributed by atoms with Crippen molar-refractivity contribution in [2.75, 3.05) is 39.5 Å². The molecule has 4 heteroatoms. The molecule has 2 atom stereocenters. The van der Waals surface area contributed by atoms with E-state index in [2.05, 4.69) is 17.0 Å². The standard InChI is InChI=1S/C21H27NO3/c1-2-25-19-10-8-18(9-11-19)21(23)20(17-6-4-3-5-7-17)16-22-12-14-24-15-13-22/h3-11,20-21,23H,2,12-16H2,1H3/t20-,21+/m0/s1. The summed E-state index contributed by atoms with van der Waals surface area (Å²) in [5.41, 5.74) is 2.08. The number of nitrogens with zero attached hydrogens (tertiary/aromatic N) is 1. The van der Waals surface area contributed by atoms with Gasteiger partial charge in [-0.2, -0.15) is 0 Å². The van der Waals surface area contributed by atoms with Crippen LogP contribution in [0.4, 0.5) is 0 Å². The van der Waals surface area contributed by atoms with E-state index in [4.69, 9.17) is 9.47 Å². The van der Waals surface area contributed by atoms with Gasteiger partial charge in [-0.15, -0.1) is 0 Å². The fourth-order valence-corrected chi connectivity index (χ4v) is 3.31. The molecule has 0 saturated carbocycles. The average Bonchev–Trinajstić information content (AvgIpc) is 2.68. The summed E-state index contributed by atoms with van der Waals surface area (Å²) in [7, 11) is 0. The zero-order valence-electron chi connectivity index (χ0n) is 14.8. The molecule has 0 bridgehead atoms. The van der Waals surface area contributed by atoms with Crippen molar-refractivity contribution in [1.29, 1.82) is 0 Å². The molecule has 4 nitrogen and oxygen atoms in total. The lowest BCUT2D eigenvalue weighted by Crippen LogP contribution is -2.39. The van der Waals surface area contributed by atoms with Gasteiger partial charge in [0.1, 0.15) is 5.75 Å². The Labute approximate surface area is 150 Å². The van der Waals surface area contributed by atoms with Crippen LogP contribution in [-0.4, -0.2) is 49.5 Å². The van der Waals surface area contributed by atoms with Gasteiger partial charge < -0.3 is 14.6 Å². The van der Waals surface area contributed by atoms with Crippen LogP contribution in [0.3, 0.4) is 0 Å². The lowest BCUT2D eigenvalue weighted by Gasteiger charge is -2.33. The third kappa shape index (κ3) is 4.82. The van der Waals surface area contributed by atoms with E-state index in [1.165, 1.54) is 0 Å². The Bertz CT molecular complexity index is 623. The second kappa shape index (κ2) is 8.99. The highest BCUT2D eigenvalue weighted by Gasteiger charge is 2.26. The number of aliphatic hydroxyl groups is 1. The Balaban J connectivity index is 1.79. The number of aliphatic hydroxyl groups excluding tert-OH is 1. The van der Waals surface area contributed by atoms with Crippen LogP contribution < -0.4 is 4.74 Å². The van der Waals surface area contributed by atoms with E-state index in [0.29, 0.717) is 6.61 Å². The maximum absolute atomic E-state index is 11.1. The second-order valence-corrected chi connectivity index (χ2v) is 6.38. The van der Waals surface area contributed by atoms with Gasteiger partial charge in [-0.3, -0.25) is 4.90 Å². The summed E-state index contributed by atoms with van der Waals surface area (Å²) in [5, 5.41) is 11.1. The zero-order chi connectivity index (χ0) is 17.5. The maximum atomic E-state index is 11.1. The number of morpholine rings is 1. The molecule has 3 rings (SSSR count). The van der Waals surface area contributed by atoms with Gasteiger partial charge >= 0.3 is 0 Å². The highest BCUT2D eigenvalue weighted by Crippen LogP contribution is 2.32. The van der Waals surface area contributed by atoms with Crippen LogP contribution in [0, 0.1) is 0 Å². The highest BCUT2D eigenvalue weighted by atomic mass is 16.5. The summed E-state index contributed by atoms with van der Waals surface area (Å²) in [6, 6.07) is 18.1. The van der Waals surface area contributed by atoms with Crippen LogP contribution in [0.25, 0.3) is 0 Å². The van der Waals surface area contributed by atoms with Crippen molar-refractivity contribution in [2.45, 2.75) is 18.9 Å². The third-order valence-electron chi connectivity index (χ3n) is 4.70. The van der Waals surface area contributed by atoms with Crippen molar-refractivity contribution in [3.63, 3.8) is 0 Å². The lowest BCUT2D eigenvalue weighted by atomic mass is 9.88. The molecule has 0 amide bonds. The normalized spacial score (nSPS) is 17.8. The molecule has 1 aliphatic heterocycles. The number of hydrogen-bond donors (Lipinski definition) is 1. The molecule has 2 aromatic carbocycles. The molecule has 0 aliphatic carbocycles. The Morgan fingerprint density at radius 2 is 1.68 bits per heavy atom. The first-order valence-electron chi connectivity index (χ1n) is 9.04. The first-order valence-corrected chi connectivity index (χ1v) is 9.04. The van der Waals surface area contributed by atoms with Crippen LogP contribution in [0.2, 0.25) is 0 Å². The number of hydrogen-bond acceptors (Lipinski definition) is 4. The predicted molar refractivity (Wildman–Crippen MR) is 99.0 cm³/mol. The van der Waals surface area contributed by atoms with E-state index in [9.17, 15) is 5.11 Å². The summed E-state index contributed by atoms with van der Waals surface area (Å²) in [6.07, 6.45) is -0.555. The number of ether oxygens (including phenoxy) is 2. The van der Waals surface area contributed by atoms with Gasteiger partial charge in [0, 0.05) is 25.6 Å². The van der Waals surface area contributed by atoms with E-state index in [1.807, 2.05) is 49.4 Å². The van der Waals surface area contributed by atoms with Crippen LogP contribution in [0.5, 0.6) is 5.75 Å². The smallest absolute Gasteiger partial charge is 0.119 e. The monoisotopic (exact) mass is 341 g/mol. The van der Waals surface area contributed by atoms with Gasteiger partial charge in [0.05, 0.1) is 25.9 Å². The van der Waals surface area contributed by atoms with Gasteiger partial charge in [-0.1, -0.05) is 42.5 Å². The first-order chi connectivity index (χ1) is 12.3. The number of benzene rings is 2. The summed E-state index contributed by atoms with van der Waals surface area (Å²) in [6.45, 7) is 6.80. The van der Waals surface area contributed by atoms with Crippen molar-refractivity contribution in [3.8, 4) is 5.75 Å². The maximum Gasteiger partial charge on any atom is 0.119 e. The fraction of sp³-hybridized carbons (Fsp3) is 0.429. The average molecular weight is 341 g/mol. The predicted octanol–water partition coefficient (Wildman–Crippen LogP) is 3.23. The topological polar surface area (TPSA) is 41.9 Å². The van der Waals surface area contributed by atoms with Gasteiger partial charge in [-0.25, -0.2) is 0 Å². The molecule has 2 aromatic rings. The van der Waals surface area contributed by atoms with Crippen molar-refractivity contribution in [1.82, 2.24) is 4.90 Å². The zero-order valence-corrected chi connectivity index (χ0v) is 14.8. The van der Waals surface area contributed by atoms with Crippen molar-refractivity contribution in [3.05, 3.63) is 65.7 Å². The molecule has 0 radical (unpaired) electrons. The quantitative estimate of drug-likeness (QED) is 0.839. The molecule has 134 valence electrons. The summed E-state index contributed by atoms with van der Waals surface area (Å²) in [4.78, 5) is 2.37. The van der Waals surface area contributed by atoms with Crippen LogP contribution in [-0.2, 0) is 4.74 Å². The molecule has 1 fully saturated rings. The Kier molecular flexibility index (Phi) is 6.45. The van der Waals surface area contributed by atoms with Crippen molar-refractivity contribution < 1.29 is 14.6 Å². The Hall–Kier alpha value is -1.88. The number of rotatable bonds is 7. The van der Waals surface area contributed by atoms with Gasteiger partial charge in [0.15, 0.2) is 0 Å². The van der Waals surface area contributed by atoms with Crippen LogP contribution >= 0.6 is 0 Å². The summed E-state index contributed by atoms with van der Waals surface area (Å²) in [5.74, 6) is 0.861. The molecule has 1 N–H and O–H groups in total. The minimum Gasteiger partial charge on any atom is -0.494 e. The molecular weight excluding hydrogens is 314 g/mol. The highest BCUT2D eigenvalue weighted by molar-refractivity contribution is 5.32. The molecule has 0 spiro atoms. The summed E-state index contributed by atoms with van der Waals surface area (Å²) >= 11 is 0. The minimum atomic E-state index is -0.555. The molecule has 0 aromatic heterocycles. The molecular formula is C21H27NO3. The second-order valence-electron chi connectivity index (χ2n) is 6.38. The minimum absolute atomic E-state index is 0.0252. The van der Waals surface area contributed by atoms with Gasteiger partial charge in [0.2, 0.25) is 0 Å². The van der Waals surface area contributed by atoms with E-state index < -0.39 is 6.10 Å². The molecule has 25 heavy (non-hydrogen) atoms. The third-order valence-corrected chi connectivity index (χ3v) is 4.70. The SMILES string of the molecule is CCOc1ccc([C@@H](O)[C@@H](CN2CCOCC2)c2ccccc2)cc1. The van der Waals surface area contributed by atoms with E-state index in [0.717, 1.165) is 49.7 Å². The lowest BCUT2D eigenvalue weighted by molar-refractivity contribution is 0.0240. The fourth-order valence-electron chi connectivity index (χ4n) is 3.31. The van der Waals surface area contributed by atoms with Crippen molar-refractivity contribution >= 4 is 0 Å². The van der Waals surface area contributed by atoms with E-state index in [-0.39, 0.29) is 5.92 Å². The van der Waals surface area contributed by atoms with Crippen molar-refractivity contribution in [2.24, 2.45) is 0 Å².